The average molecular weight is 228 g/mol. The van der Waals surface area contributed by atoms with E-state index in [0.717, 1.165) is 19.3 Å². The van der Waals surface area contributed by atoms with Gasteiger partial charge in [-0.25, -0.2) is 0 Å². The highest BCUT2D eigenvalue weighted by atomic mass is 16.2. The first-order valence-electron chi connectivity index (χ1n) is 6.42. The molecule has 0 saturated carbocycles. The van der Waals surface area contributed by atoms with Gasteiger partial charge < -0.3 is 11.1 Å². The molecule has 0 spiro atoms. The molecule has 0 radical (unpaired) electrons. The molecule has 1 amide bonds. The molecule has 0 aliphatic rings. The summed E-state index contributed by atoms with van der Waals surface area (Å²) in [5.74, 6) is 1.10. The van der Waals surface area contributed by atoms with E-state index < -0.39 is 0 Å². The van der Waals surface area contributed by atoms with E-state index in [-0.39, 0.29) is 18.0 Å². The lowest BCUT2D eigenvalue weighted by atomic mass is 9.99. The van der Waals surface area contributed by atoms with E-state index in [9.17, 15) is 4.79 Å². The fourth-order valence-electron chi connectivity index (χ4n) is 1.79. The number of hydrogen-bond donors (Lipinski definition) is 2. The van der Waals surface area contributed by atoms with E-state index in [1.807, 2.05) is 6.92 Å². The van der Waals surface area contributed by atoms with Crippen LogP contribution in [0.25, 0.3) is 0 Å². The minimum absolute atomic E-state index is 0.00972. The summed E-state index contributed by atoms with van der Waals surface area (Å²) in [5, 5.41) is 2.99. The number of nitrogens with two attached hydrogens (primary N) is 1. The van der Waals surface area contributed by atoms with Gasteiger partial charge in [-0.1, -0.05) is 34.1 Å². The fourth-order valence-corrected chi connectivity index (χ4v) is 1.79. The van der Waals surface area contributed by atoms with Crippen LogP contribution in [0.3, 0.4) is 0 Å². The predicted molar refractivity (Wildman–Crippen MR) is 69.1 cm³/mol. The first-order valence-corrected chi connectivity index (χ1v) is 6.42. The number of nitrogens with one attached hydrogen (secondary N) is 1. The molecule has 0 aliphatic heterocycles. The number of carbonyl (C=O) groups excluding carboxylic acids is 1. The first kappa shape index (κ1) is 15.4. The Morgan fingerprint density at radius 1 is 1.19 bits per heavy atom. The average Bonchev–Trinajstić information content (AvgIpc) is 2.16. The molecular formula is C13H28N2O. The Bertz CT molecular complexity index is 204. The van der Waals surface area contributed by atoms with Crippen LogP contribution in [-0.2, 0) is 4.79 Å². The Balaban J connectivity index is 3.94. The third kappa shape index (κ3) is 6.83. The van der Waals surface area contributed by atoms with Gasteiger partial charge in [-0.2, -0.15) is 0 Å². The zero-order chi connectivity index (χ0) is 12.7. The molecule has 3 atom stereocenters. The van der Waals surface area contributed by atoms with Crippen LogP contribution in [0, 0.1) is 11.8 Å². The van der Waals surface area contributed by atoms with E-state index >= 15 is 0 Å². The maximum absolute atomic E-state index is 11.7. The van der Waals surface area contributed by atoms with Crippen molar-refractivity contribution in [2.24, 2.45) is 17.6 Å². The van der Waals surface area contributed by atoms with Crippen LogP contribution in [0.5, 0.6) is 0 Å². The summed E-state index contributed by atoms with van der Waals surface area (Å²) in [6.45, 7) is 10.6. The molecule has 16 heavy (non-hydrogen) atoms. The molecule has 0 fully saturated rings. The largest absolute Gasteiger partial charge is 0.352 e. The standard InChI is InChI=1S/C13H28N2O/c1-6-10(4)8-11(5)15-13(16)12(14)7-9(2)3/h9-12H,6-8,14H2,1-5H3,(H,15,16). The quantitative estimate of drug-likeness (QED) is 0.702. The van der Waals surface area contributed by atoms with E-state index in [4.69, 9.17) is 5.73 Å². The maximum Gasteiger partial charge on any atom is 0.237 e. The Hall–Kier alpha value is -0.570. The van der Waals surface area contributed by atoms with Crippen molar-refractivity contribution < 1.29 is 4.79 Å². The molecule has 96 valence electrons. The van der Waals surface area contributed by atoms with E-state index in [1.54, 1.807) is 0 Å². The molecule has 0 aromatic rings. The van der Waals surface area contributed by atoms with Crippen LogP contribution < -0.4 is 11.1 Å². The molecule has 0 aliphatic carbocycles. The topological polar surface area (TPSA) is 55.1 Å². The highest BCUT2D eigenvalue weighted by Crippen LogP contribution is 2.10. The van der Waals surface area contributed by atoms with E-state index in [0.29, 0.717) is 11.8 Å². The number of rotatable bonds is 7. The van der Waals surface area contributed by atoms with E-state index in [1.165, 1.54) is 0 Å². The van der Waals surface area contributed by atoms with Crippen LogP contribution in [0.4, 0.5) is 0 Å². The SMILES string of the molecule is CCC(C)CC(C)NC(=O)C(N)CC(C)C. The van der Waals surface area contributed by atoms with Gasteiger partial charge in [0.05, 0.1) is 6.04 Å². The summed E-state index contributed by atoms with van der Waals surface area (Å²) >= 11 is 0. The van der Waals surface area contributed by atoms with Crippen molar-refractivity contribution in [3.8, 4) is 0 Å². The predicted octanol–water partition coefficient (Wildman–Crippen LogP) is 2.30. The second-order valence-corrected chi connectivity index (χ2v) is 5.39. The number of amides is 1. The van der Waals surface area contributed by atoms with Gasteiger partial charge in [0.2, 0.25) is 5.91 Å². The molecule has 0 aromatic carbocycles. The molecule has 3 heteroatoms. The van der Waals surface area contributed by atoms with Gasteiger partial charge in [-0.3, -0.25) is 4.79 Å². The lowest BCUT2D eigenvalue weighted by molar-refractivity contribution is -0.123. The minimum Gasteiger partial charge on any atom is -0.352 e. The minimum atomic E-state index is -0.362. The summed E-state index contributed by atoms with van der Waals surface area (Å²) < 4.78 is 0. The number of carbonyl (C=O) groups is 1. The normalized spacial score (nSPS) is 16.9. The summed E-state index contributed by atoms with van der Waals surface area (Å²) in [7, 11) is 0. The van der Waals surface area contributed by atoms with Gasteiger partial charge in [-0.05, 0) is 31.6 Å². The summed E-state index contributed by atoms with van der Waals surface area (Å²) in [6.07, 6.45) is 2.93. The van der Waals surface area contributed by atoms with Crippen molar-refractivity contribution >= 4 is 5.91 Å². The Labute approximate surface area is 100 Å². The highest BCUT2D eigenvalue weighted by Gasteiger charge is 2.17. The fraction of sp³-hybridized carbons (Fsp3) is 0.923. The Morgan fingerprint density at radius 3 is 2.19 bits per heavy atom. The van der Waals surface area contributed by atoms with Gasteiger partial charge in [0, 0.05) is 6.04 Å². The van der Waals surface area contributed by atoms with Crippen LogP contribution in [0.1, 0.15) is 53.9 Å². The highest BCUT2D eigenvalue weighted by molar-refractivity contribution is 5.81. The Morgan fingerprint density at radius 2 is 1.75 bits per heavy atom. The monoisotopic (exact) mass is 228 g/mol. The summed E-state index contributed by atoms with van der Waals surface area (Å²) in [5.41, 5.74) is 5.82. The molecule has 3 N–H and O–H groups in total. The molecular weight excluding hydrogens is 200 g/mol. The van der Waals surface area contributed by atoms with Gasteiger partial charge >= 0.3 is 0 Å². The van der Waals surface area contributed by atoms with Crippen molar-refractivity contribution in [3.05, 3.63) is 0 Å². The summed E-state index contributed by atoms with van der Waals surface area (Å²) in [6, 6.07) is -0.139. The molecule has 0 aromatic heterocycles. The van der Waals surface area contributed by atoms with Crippen LogP contribution in [0.2, 0.25) is 0 Å². The van der Waals surface area contributed by atoms with Crippen molar-refractivity contribution in [2.45, 2.75) is 66.0 Å². The molecule has 3 unspecified atom stereocenters. The molecule has 3 nitrogen and oxygen atoms in total. The molecule has 0 saturated heterocycles. The maximum atomic E-state index is 11.7. The van der Waals surface area contributed by atoms with Crippen molar-refractivity contribution in [1.29, 1.82) is 0 Å². The van der Waals surface area contributed by atoms with Gasteiger partial charge in [0.25, 0.3) is 0 Å². The lowest BCUT2D eigenvalue weighted by Crippen LogP contribution is -2.45. The van der Waals surface area contributed by atoms with E-state index in [2.05, 4.69) is 33.0 Å². The van der Waals surface area contributed by atoms with Gasteiger partial charge in [0.1, 0.15) is 0 Å². The van der Waals surface area contributed by atoms with Crippen LogP contribution in [-0.4, -0.2) is 18.0 Å². The lowest BCUT2D eigenvalue weighted by Gasteiger charge is -2.20. The zero-order valence-electron chi connectivity index (χ0n) is 11.4. The Kier molecular flexibility index (Phi) is 7.39. The molecule has 0 bridgehead atoms. The third-order valence-electron chi connectivity index (χ3n) is 2.90. The number of hydrogen-bond acceptors (Lipinski definition) is 2. The molecule has 0 heterocycles. The third-order valence-corrected chi connectivity index (χ3v) is 2.90. The first-order chi connectivity index (χ1) is 7.36. The second kappa shape index (κ2) is 7.66. The van der Waals surface area contributed by atoms with Crippen molar-refractivity contribution in [1.82, 2.24) is 5.32 Å². The van der Waals surface area contributed by atoms with Crippen LogP contribution in [0.15, 0.2) is 0 Å². The van der Waals surface area contributed by atoms with Crippen molar-refractivity contribution in [3.63, 3.8) is 0 Å². The smallest absolute Gasteiger partial charge is 0.237 e. The van der Waals surface area contributed by atoms with Crippen molar-refractivity contribution in [2.75, 3.05) is 0 Å². The molecule has 0 rings (SSSR count). The summed E-state index contributed by atoms with van der Waals surface area (Å²) in [4.78, 5) is 11.7. The van der Waals surface area contributed by atoms with Gasteiger partial charge in [-0.15, -0.1) is 0 Å². The van der Waals surface area contributed by atoms with Crippen LogP contribution >= 0.6 is 0 Å². The second-order valence-electron chi connectivity index (χ2n) is 5.39. The van der Waals surface area contributed by atoms with Gasteiger partial charge in [0.15, 0.2) is 0 Å². The zero-order valence-corrected chi connectivity index (χ0v) is 11.4.